The topological polar surface area (TPSA) is 17.1 Å². The van der Waals surface area contributed by atoms with Crippen molar-refractivity contribution >= 4 is 15.1 Å². The first kappa shape index (κ1) is 13.5. The lowest BCUT2D eigenvalue weighted by molar-refractivity contribution is -0.107. The van der Waals surface area contributed by atoms with E-state index < -0.39 is 0 Å². The van der Waals surface area contributed by atoms with Gasteiger partial charge in [0, 0.05) is 15.2 Å². The molecule has 0 N–H and O–H groups in total. The number of hydrogen-bond acceptors (Lipinski definition) is 1. The van der Waals surface area contributed by atoms with Crippen molar-refractivity contribution in [3.63, 3.8) is 0 Å². The lowest BCUT2D eigenvalue weighted by atomic mass is 10.6. The summed E-state index contributed by atoms with van der Waals surface area (Å²) in [7, 11) is -0.171. The summed E-state index contributed by atoms with van der Waals surface area (Å²) in [4.78, 5) is 9.17. The normalized spacial score (nSPS) is 8.82. The maximum Gasteiger partial charge on any atom is 0.119 e. The van der Waals surface area contributed by atoms with Crippen LogP contribution in [0.2, 0.25) is 18.1 Å². The Morgan fingerprint density at radius 1 is 1.00 bits per heavy atom. The van der Waals surface area contributed by atoms with Crippen molar-refractivity contribution in [2.75, 3.05) is 0 Å². The Kier molecular flexibility index (Phi) is 15.4. The van der Waals surface area contributed by atoms with E-state index in [-0.39, 0.29) is 8.80 Å². The highest BCUT2D eigenvalue weighted by atomic mass is 28.3. The Morgan fingerprint density at radius 2 is 1.27 bits per heavy atom. The van der Waals surface area contributed by atoms with Gasteiger partial charge < -0.3 is 4.79 Å². The van der Waals surface area contributed by atoms with E-state index >= 15 is 0 Å². The van der Waals surface area contributed by atoms with Gasteiger partial charge in [-0.25, -0.2) is 0 Å². The molecular formula is C9H22OSi. The molecule has 0 aliphatic rings. The van der Waals surface area contributed by atoms with E-state index in [1.165, 1.54) is 18.1 Å². The average Bonchev–Trinajstić information content (AvgIpc) is 2.08. The molecule has 0 aliphatic carbocycles. The first-order chi connectivity index (χ1) is 5.26. The Hall–Kier alpha value is -0.113. The van der Waals surface area contributed by atoms with E-state index in [1.807, 2.05) is 6.92 Å². The fraction of sp³-hybridized carbons (Fsp3) is 0.889. The molecule has 0 amide bonds. The molecule has 0 fully saturated rings. The van der Waals surface area contributed by atoms with E-state index in [0.717, 1.165) is 6.29 Å². The van der Waals surface area contributed by atoms with Gasteiger partial charge in [-0.3, -0.25) is 0 Å². The van der Waals surface area contributed by atoms with Gasteiger partial charge in [-0.15, -0.1) is 0 Å². The molecule has 0 rings (SSSR count). The zero-order valence-corrected chi connectivity index (χ0v) is 9.55. The summed E-state index contributed by atoms with van der Waals surface area (Å²) in [5.74, 6) is 0. The van der Waals surface area contributed by atoms with Crippen LogP contribution in [-0.4, -0.2) is 15.1 Å². The minimum absolute atomic E-state index is 0.171. The van der Waals surface area contributed by atoms with Crippen molar-refractivity contribution in [3.8, 4) is 0 Å². The van der Waals surface area contributed by atoms with E-state index in [2.05, 4.69) is 20.8 Å². The van der Waals surface area contributed by atoms with Crippen molar-refractivity contribution in [2.24, 2.45) is 0 Å². The van der Waals surface area contributed by atoms with Gasteiger partial charge in [0.1, 0.15) is 6.29 Å². The molecule has 0 saturated heterocycles. The second-order valence-corrected chi connectivity index (χ2v) is 6.85. The molecule has 0 bridgehead atoms. The molecular weight excluding hydrogens is 152 g/mol. The Morgan fingerprint density at radius 3 is 1.27 bits per heavy atom. The third kappa shape index (κ3) is 13.0. The monoisotopic (exact) mass is 174 g/mol. The summed E-state index contributed by atoms with van der Waals surface area (Å²) in [6.07, 6.45) is 1.51. The summed E-state index contributed by atoms with van der Waals surface area (Å²) in [5.41, 5.74) is 0. The third-order valence-electron chi connectivity index (χ3n) is 1.90. The molecule has 0 radical (unpaired) electrons. The highest BCUT2D eigenvalue weighted by Crippen LogP contribution is 2.01. The number of hydrogen-bond donors (Lipinski definition) is 0. The highest BCUT2D eigenvalue weighted by Gasteiger charge is 1.98. The molecule has 11 heavy (non-hydrogen) atoms. The highest BCUT2D eigenvalue weighted by molar-refractivity contribution is 6.58. The minimum atomic E-state index is -0.171. The van der Waals surface area contributed by atoms with Gasteiger partial charge in [0.15, 0.2) is 0 Å². The summed E-state index contributed by atoms with van der Waals surface area (Å²) in [6, 6.07) is 4.48. The zero-order chi connectivity index (χ0) is 9.11. The molecule has 0 aliphatic heterocycles. The van der Waals surface area contributed by atoms with Crippen LogP contribution in [0.5, 0.6) is 0 Å². The number of carbonyl (C=O) groups is 1. The van der Waals surface area contributed by atoms with Crippen molar-refractivity contribution in [1.29, 1.82) is 0 Å². The fourth-order valence-corrected chi connectivity index (χ4v) is 2.60. The van der Waals surface area contributed by atoms with Gasteiger partial charge in [0.2, 0.25) is 0 Å². The van der Waals surface area contributed by atoms with Crippen molar-refractivity contribution in [2.45, 2.75) is 52.2 Å². The van der Waals surface area contributed by atoms with Crippen LogP contribution in [0.1, 0.15) is 34.1 Å². The molecule has 0 saturated carbocycles. The van der Waals surface area contributed by atoms with Crippen LogP contribution in [-0.2, 0) is 4.79 Å². The first-order valence-corrected chi connectivity index (χ1v) is 7.15. The Bertz CT molecular complexity index is 64.5. The second kappa shape index (κ2) is 12.6. The first-order valence-electron chi connectivity index (χ1n) is 4.70. The predicted molar refractivity (Wildman–Crippen MR) is 54.9 cm³/mol. The van der Waals surface area contributed by atoms with Crippen molar-refractivity contribution < 1.29 is 4.79 Å². The molecule has 0 heterocycles. The van der Waals surface area contributed by atoms with Gasteiger partial charge in [0.05, 0.1) is 0 Å². The largest absolute Gasteiger partial charge is 0.303 e. The standard InChI is InChI=1S/C6H16Si.C3H6O/c1-4-7(5-2)6-3;1-2-3-4/h7H,4-6H2,1-3H3;3H,2H2,1H3. The van der Waals surface area contributed by atoms with Crippen LogP contribution in [0.15, 0.2) is 0 Å². The van der Waals surface area contributed by atoms with Gasteiger partial charge in [0.25, 0.3) is 0 Å². The van der Waals surface area contributed by atoms with Crippen LogP contribution in [0, 0.1) is 0 Å². The molecule has 68 valence electrons. The lowest BCUT2D eigenvalue weighted by Crippen LogP contribution is -2.04. The minimum Gasteiger partial charge on any atom is -0.303 e. The van der Waals surface area contributed by atoms with E-state index in [0.29, 0.717) is 6.42 Å². The summed E-state index contributed by atoms with van der Waals surface area (Å²) in [5, 5.41) is 0. The SMILES string of the molecule is CCC=O.CC[SiH](CC)CC. The zero-order valence-electron chi connectivity index (χ0n) is 8.39. The molecule has 1 nitrogen and oxygen atoms in total. The number of aldehydes is 1. The average molecular weight is 174 g/mol. The second-order valence-electron chi connectivity index (χ2n) is 2.67. The third-order valence-corrected chi connectivity index (χ3v) is 5.36. The van der Waals surface area contributed by atoms with Crippen LogP contribution >= 0.6 is 0 Å². The van der Waals surface area contributed by atoms with Crippen LogP contribution in [0.25, 0.3) is 0 Å². The number of rotatable bonds is 4. The Labute approximate surface area is 72.8 Å². The van der Waals surface area contributed by atoms with Crippen LogP contribution in [0.4, 0.5) is 0 Å². The lowest BCUT2D eigenvalue weighted by Gasteiger charge is -2.03. The van der Waals surface area contributed by atoms with E-state index in [9.17, 15) is 4.79 Å². The fourth-order valence-electron chi connectivity index (χ4n) is 0.866. The van der Waals surface area contributed by atoms with Gasteiger partial charge >= 0.3 is 0 Å². The summed E-state index contributed by atoms with van der Waals surface area (Å²) < 4.78 is 0. The van der Waals surface area contributed by atoms with Crippen LogP contribution < -0.4 is 0 Å². The van der Waals surface area contributed by atoms with Crippen LogP contribution in [0.3, 0.4) is 0 Å². The summed E-state index contributed by atoms with van der Waals surface area (Å²) in [6.45, 7) is 8.78. The molecule has 0 aromatic carbocycles. The maximum atomic E-state index is 9.17. The van der Waals surface area contributed by atoms with Gasteiger partial charge in [-0.2, -0.15) is 0 Å². The molecule has 0 unspecified atom stereocenters. The predicted octanol–water partition coefficient (Wildman–Crippen LogP) is 2.87. The molecule has 0 aromatic heterocycles. The smallest absolute Gasteiger partial charge is 0.119 e. The van der Waals surface area contributed by atoms with Crippen molar-refractivity contribution in [1.82, 2.24) is 0 Å². The molecule has 0 atom stereocenters. The van der Waals surface area contributed by atoms with Crippen molar-refractivity contribution in [3.05, 3.63) is 0 Å². The molecule has 0 aromatic rings. The van der Waals surface area contributed by atoms with Gasteiger partial charge in [-0.1, -0.05) is 45.8 Å². The molecule has 2 heteroatoms. The Balaban J connectivity index is 0. The maximum absolute atomic E-state index is 9.17. The number of carbonyl (C=O) groups excluding carboxylic acids is 1. The van der Waals surface area contributed by atoms with E-state index in [4.69, 9.17) is 0 Å². The van der Waals surface area contributed by atoms with E-state index in [1.54, 1.807) is 0 Å². The summed E-state index contributed by atoms with van der Waals surface area (Å²) >= 11 is 0. The quantitative estimate of drug-likeness (QED) is 0.473. The molecule has 0 spiro atoms. The van der Waals surface area contributed by atoms with Gasteiger partial charge in [-0.05, 0) is 0 Å².